The fourth-order valence-corrected chi connectivity index (χ4v) is 3.03. The molecule has 0 fully saturated rings. The molecule has 16 heavy (non-hydrogen) atoms. The third kappa shape index (κ3) is 3.98. The fourth-order valence-electron chi connectivity index (χ4n) is 1.26. The molecule has 92 valence electrons. The van der Waals surface area contributed by atoms with Crippen LogP contribution in [-0.2, 0) is 14.1 Å². The molecule has 3 nitrogen and oxygen atoms in total. The molecule has 0 N–H and O–H groups in total. The largest absolute Gasteiger partial charge is 0.453 e. The molecule has 2 atom stereocenters. The number of rotatable bonds is 6. The Kier molecular flexibility index (Phi) is 6.36. The van der Waals surface area contributed by atoms with E-state index in [-0.39, 0.29) is 6.42 Å². The molecule has 0 radical (unpaired) electrons. The lowest BCUT2D eigenvalue weighted by Crippen LogP contribution is -2.24. The van der Waals surface area contributed by atoms with Crippen LogP contribution in [0.1, 0.15) is 27.2 Å². The van der Waals surface area contributed by atoms with Crippen LogP contribution < -0.4 is 0 Å². The maximum Gasteiger partial charge on any atom is 0.342 e. The molecule has 0 bridgehead atoms. The van der Waals surface area contributed by atoms with Crippen molar-refractivity contribution in [2.45, 2.75) is 39.2 Å². The predicted octanol–water partition coefficient (Wildman–Crippen LogP) is 2.64. The summed E-state index contributed by atoms with van der Waals surface area (Å²) >= 11 is 0. The predicted molar refractivity (Wildman–Crippen MR) is 62.6 cm³/mol. The van der Waals surface area contributed by atoms with E-state index < -0.39 is 25.1 Å². The standard InChI is InChI=1S/C11H18FO3P/c1-5-8-10(12)11(13)15-9(4)16(14,6-2)7-3/h1,9-10H,6-8H2,2-4H3. The topological polar surface area (TPSA) is 43.4 Å². The summed E-state index contributed by atoms with van der Waals surface area (Å²) in [6, 6.07) is 0. The average Bonchev–Trinajstić information content (AvgIpc) is 2.28. The fraction of sp³-hybridized carbons (Fsp3) is 0.727. The summed E-state index contributed by atoms with van der Waals surface area (Å²) < 4.78 is 30.0. The quantitative estimate of drug-likeness (QED) is 0.412. The zero-order valence-electron chi connectivity index (χ0n) is 9.90. The van der Waals surface area contributed by atoms with Gasteiger partial charge in [0.25, 0.3) is 0 Å². The highest BCUT2D eigenvalue weighted by Gasteiger charge is 2.31. The molecule has 0 saturated heterocycles. The molecule has 0 aromatic heterocycles. The van der Waals surface area contributed by atoms with Crippen LogP contribution in [0.5, 0.6) is 0 Å². The molecule has 5 heteroatoms. The van der Waals surface area contributed by atoms with Gasteiger partial charge in [-0.3, -0.25) is 0 Å². The monoisotopic (exact) mass is 248 g/mol. The smallest absolute Gasteiger partial charge is 0.342 e. The minimum absolute atomic E-state index is 0.311. The van der Waals surface area contributed by atoms with E-state index in [1.807, 2.05) is 5.92 Å². The van der Waals surface area contributed by atoms with E-state index in [4.69, 9.17) is 11.2 Å². The highest BCUT2D eigenvalue weighted by atomic mass is 31.2. The first-order chi connectivity index (χ1) is 7.41. The zero-order valence-corrected chi connectivity index (χ0v) is 10.8. The first-order valence-corrected chi connectivity index (χ1v) is 7.41. The highest BCUT2D eigenvalue weighted by molar-refractivity contribution is 7.64. The second-order valence-electron chi connectivity index (χ2n) is 3.50. The van der Waals surface area contributed by atoms with Crippen LogP contribution in [0.4, 0.5) is 4.39 Å². The van der Waals surface area contributed by atoms with E-state index in [9.17, 15) is 13.8 Å². The van der Waals surface area contributed by atoms with E-state index in [0.717, 1.165) is 0 Å². The number of halogens is 1. The average molecular weight is 248 g/mol. The first kappa shape index (κ1) is 15.2. The van der Waals surface area contributed by atoms with Crippen molar-refractivity contribution >= 4 is 13.1 Å². The number of alkyl halides is 1. The summed E-state index contributed by atoms with van der Waals surface area (Å²) in [5.74, 6) is 0.278. The van der Waals surface area contributed by atoms with Crippen molar-refractivity contribution in [2.75, 3.05) is 12.3 Å². The van der Waals surface area contributed by atoms with Gasteiger partial charge in [-0.1, -0.05) is 13.8 Å². The Morgan fingerprint density at radius 2 is 2.00 bits per heavy atom. The molecule has 0 saturated carbocycles. The van der Waals surface area contributed by atoms with Crippen molar-refractivity contribution in [2.24, 2.45) is 0 Å². The van der Waals surface area contributed by atoms with E-state index >= 15 is 0 Å². The second-order valence-corrected chi connectivity index (χ2v) is 7.39. The van der Waals surface area contributed by atoms with Gasteiger partial charge < -0.3 is 9.30 Å². The molecule has 2 unspecified atom stereocenters. The van der Waals surface area contributed by atoms with Crippen LogP contribution in [0.3, 0.4) is 0 Å². The number of terminal acetylenes is 1. The molecule has 0 aliphatic heterocycles. The summed E-state index contributed by atoms with van der Waals surface area (Å²) in [4.78, 5) is 11.2. The maximum atomic E-state index is 13.0. The Hall–Kier alpha value is -0.810. The van der Waals surface area contributed by atoms with Crippen LogP contribution in [-0.4, -0.2) is 30.3 Å². The van der Waals surface area contributed by atoms with Crippen molar-refractivity contribution < 1.29 is 18.5 Å². The van der Waals surface area contributed by atoms with Gasteiger partial charge in [-0.25, -0.2) is 9.18 Å². The molecular formula is C11H18FO3P. The molecule has 0 amide bonds. The van der Waals surface area contributed by atoms with Gasteiger partial charge >= 0.3 is 5.97 Å². The molecule has 0 aromatic carbocycles. The van der Waals surface area contributed by atoms with Gasteiger partial charge in [0.05, 0.1) is 6.42 Å². The van der Waals surface area contributed by atoms with E-state index in [2.05, 4.69) is 0 Å². The van der Waals surface area contributed by atoms with E-state index in [1.165, 1.54) is 6.92 Å². The summed E-state index contributed by atoms with van der Waals surface area (Å²) in [6.45, 7) is 5.07. The highest BCUT2D eigenvalue weighted by Crippen LogP contribution is 2.50. The first-order valence-electron chi connectivity index (χ1n) is 5.27. The molecule has 0 aliphatic rings. The number of hydrogen-bond donors (Lipinski definition) is 0. The van der Waals surface area contributed by atoms with Gasteiger partial charge in [0, 0.05) is 12.3 Å². The number of carbonyl (C=O) groups is 1. The molecule has 0 aliphatic carbocycles. The third-order valence-electron chi connectivity index (χ3n) is 2.57. The van der Waals surface area contributed by atoms with Crippen molar-refractivity contribution in [1.29, 1.82) is 0 Å². The third-order valence-corrected chi connectivity index (χ3v) is 6.14. The Bertz CT molecular complexity index is 314. The van der Waals surface area contributed by atoms with Crippen LogP contribution in [0.25, 0.3) is 0 Å². The molecule has 0 heterocycles. The molecular weight excluding hydrogens is 230 g/mol. The van der Waals surface area contributed by atoms with Crippen LogP contribution in [0.15, 0.2) is 0 Å². The summed E-state index contributed by atoms with van der Waals surface area (Å²) in [5.41, 5.74) is 0. The minimum Gasteiger partial charge on any atom is -0.453 e. The Balaban J connectivity index is 4.46. The van der Waals surface area contributed by atoms with E-state index in [0.29, 0.717) is 12.3 Å². The van der Waals surface area contributed by atoms with Gasteiger partial charge in [-0.05, 0) is 6.92 Å². The van der Waals surface area contributed by atoms with E-state index in [1.54, 1.807) is 13.8 Å². The zero-order chi connectivity index (χ0) is 12.8. The van der Waals surface area contributed by atoms with Crippen LogP contribution in [0.2, 0.25) is 0 Å². The lowest BCUT2D eigenvalue weighted by molar-refractivity contribution is -0.150. The van der Waals surface area contributed by atoms with Crippen molar-refractivity contribution in [3.05, 3.63) is 0 Å². The van der Waals surface area contributed by atoms with Crippen molar-refractivity contribution in [1.82, 2.24) is 0 Å². The normalized spacial score (nSPS) is 14.9. The SMILES string of the molecule is C#CCC(F)C(=O)OC(C)P(=O)(CC)CC. The summed E-state index contributed by atoms with van der Waals surface area (Å²) in [5, 5.41) is 0. The van der Waals surface area contributed by atoms with Gasteiger partial charge in [0.15, 0.2) is 5.85 Å². The Morgan fingerprint density at radius 3 is 2.38 bits per heavy atom. The lowest BCUT2D eigenvalue weighted by atomic mass is 10.3. The molecule has 0 aromatic rings. The second kappa shape index (κ2) is 6.70. The summed E-state index contributed by atoms with van der Waals surface area (Å²) in [6.07, 6.45) is 3.62. The minimum atomic E-state index is -2.55. The Morgan fingerprint density at radius 1 is 1.50 bits per heavy atom. The lowest BCUT2D eigenvalue weighted by Gasteiger charge is -2.22. The number of ether oxygens (including phenoxy) is 1. The molecule has 0 rings (SSSR count). The molecule has 0 spiro atoms. The van der Waals surface area contributed by atoms with Gasteiger partial charge in [0.1, 0.15) is 7.14 Å². The van der Waals surface area contributed by atoms with Gasteiger partial charge in [-0.2, -0.15) is 0 Å². The van der Waals surface area contributed by atoms with Crippen LogP contribution in [0, 0.1) is 12.3 Å². The van der Waals surface area contributed by atoms with Crippen molar-refractivity contribution in [3.63, 3.8) is 0 Å². The number of hydrogen-bond acceptors (Lipinski definition) is 3. The Labute approximate surface area is 96.1 Å². The van der Waals surface area contributed by atoms with Crippen molar-refractivity contribution in [3.8, 4) is 12.3 Å². The number of esters is 1. The maximum absolute atomic E-state index is 13.0. The van der Waals surface area contributed by atoms with Crippen LogP contribution >= 0.6 is 7.14 Å². The number of carbonyl (C=O) groups excluding carboxylic acids is 1. The van der Waals surface area contributed by atoms with Gasteiger partial charge in [-0.15, -0.1) is 12.3 Å². The summed E-state index contributed by atoms with van der Waals surface area (Å²) in [7, 11) is -2.55. The van der Waals surface area contributed by atoms with Gasteiger partial charge in [0.2, 0.25) is 6.17 Å².